The van der Waals surface area contributed by atoms with Crippen molar-refractivity contribution in [2.24, 2.45) is 0 Å². The highest BCUT2D eigenvalue weighted by Gasteiger charge is 2.15. The molecule has 1 saturated heterocycles. The van der Waals surface area contributed by atoms with Crippen LogP contribution in [0.4, 0.5) is 20.2 Å². The average Bonchev–Trinajstić information content (AvgIpc) is 2.40. The number of nitrogens with zero attached hydrogens (tertiary/aromatic N) is 1. The SMILES string of the molecule is O=C(Nc1ccc(N2CCNCC2)cc1)C(F)F. The fourth-order valence-corrected chi connectivity index (χ4v) is 1.88. The molecule has 0 radical (unpaired) electrons. The summed E-state index contributed by atoms with van der Waals surface area (Å²) < 4.78 is 24.1. The van der Waals surface area contributed by atoms with E-state index in [9.17, 15) is 13.6 Å². The van der Waals surface area contributed by atoms with Gasteiger partial charge < -0.3 is 15.5 Å². The summed E-state index contributed by atoms with van der Waals surface area (Å²) in [7, 11) is 0. The first kappa shape index (κ1) is 12.8. The lowest BCUT2D eigenvalue weighted by Gasteiger charge is -2.29. The highest BCUT2D eigenvalue weighted by Crippen LogP contribution is 2.18. The lowest BCUT2D eigenvalue weighted by atomic mass is 10.2. The van der Waals surface area contributed by atoms with Crippen LogP contribution in [0.15, 0.2) is 24.3 Å². The van der Waals surface area contributed by atoms with E-state index in [2.05, 4.69) is 15.5 Å². The lowest BCUT2D eigenvalue weighted by molar-refractivity contribution is -0.126. The number of anilines is 2. The standard InChI is InChI=1S/C12H15F2N3O/c13-11(14)12(18)16-9-1-3-10(4-2-9)17-7-5-15-6-8-17/h1-4,11,15H,5-8H2,(H,16,18). The third kappa shape index (κ3) is 3.16. The van der Waals surface area contributed by atoms with E-state index in [1.54, 1.807) is 12.1 Å². The first-order valence-electron chi connectivity index (χ1n) is 5.81. The zero-order valence-electron chi connectivity index (χ0n) is 9.83. The Labute approximate surface area is 104 Å². The summed E-state index contributed by atoms with van der Waals surface area (Å²) in [4.78, 5) is 13.0. The first-order valence-corrected chi connectivity index (χ1v) is 5.81. The van der Waals surface area contributed by atoms with Gasteiger partial charge in [-0.05, 0) is 24.3 Å². The summed E-state index contributed by atoms with van der Waals surface area (Å²) in [5, 5.41) is 5.40. The van der Waals surface area contributed by atoms with E-state index in [4.69, 9.17) is 0 Å². The maximum atomic E-state index is 12.1. The molecule has 1 heterocycles. The molecule has 0 aromatic heterocycles. The summed E-state index contributed by atoms with van der Waals surface area (Å²) >= 11 is 0. The molecule has 0 aliphatic carbocycles. The van der Waals surface area contributed by atoms with E-state index >= 15 is 0 Å². The molecule has 2 rings (SSSR count). The Kier molecular flexibility index (Phi) is 4.09. The summed E-state index contributed by atoms with van der Waals surface area (Å²) in [5.74, 6) is -1.27. The molecule has 0 saturated carbocycles. The van der Waals surface area contributed by atoms with Crippen molar-refractivity contribution in [1.29, 1.82) is 0 Å². The topological polar surface area (TPSA) is 44.4 Å². The Hall–Kier alpha value is -1.69. The van der Waals surface area contributed by atoms with E-state index < -0.39 is 12.3 Å². The predicted octanol–water partition coefficient (Wildman–Crippen LogP) is 1.30. The van der Waals surface area contributed by atoms with E-state index in [-0.39, 0.29) is 0 Å². The smallest absolute Gasteiger partial charge is 0.315 e. The third-order valence-electron chi connectivity index (χ3n) is 2.82. The van der Waals surface area contributed by atoms with Crippen LogP contribution in [0.2, 0.25) is 0 Å². The van der Waals surface area contributed by atoms with Gasteiger partial charge in [-0.25, -0.2) is 0 Å². The second-order valence-corrected chi connectivity index (χ2v) is 4.07. The second kappa shape index (κ2) is 5.77. The van der Waals surface area contributed by atoms with Crippen molar-refractivity contribution in [1.82, 2.24) is 5.32 Å². The van der Waals surface area contributed by atoms with Gasteiger partial charge in [0.1, 0.15) is 0 Å². The molecule has 0 bridgehead atoms. The van der Waals surface area contributed by atoms with Crippen LogP contribution in [0, 0.1) is 0 Å². The van der Waals surface area contributed by atoms with Crippen molar-refractivity contribution in [2.75, 3.05) is 36.4 Å². The van der Waals surface area contributed by atoms with Crippen LogP contribution in [0.5, 0.6) is 0 Å². The van der Waals surface area contributed by atoms with E-state index in [1.165, 1.54) is 0 Å². The Morgan fingerprint density at radius 1 is 1.22 bits per heavy atom. The van der Waals surface area contributed by atoms with Crippen LogP contribution in [0.25, 0.3) is 0 Å². The molecular weight excluding hydrogens is 240 g/mol. The van der Waals surface area contributed by atoms with Crippen LogP contribution in [0.3, 0.4) is 0 Å². The molecule has 1 aromatic carbocycles. The summed E-state index contributed by atoms with van der Waals surface area (Å²) in [6.07, 6.45) is -2.99. The molecule has 1 aliphatic rings. The Morgan fingerprint density at radius 3 is 2.39 bits per heavy atom. The molecule has 0 unspecified atom stereocenters. The lowest BCUT2D eigenvalue weighted by Crippen LogP contribution is -2.43. The molecular formula is C12H15F2N3O. The molecule has 0 spiro atoms. The second-order valence-electron chi connectivity index (χ2n) is 4.07. The molecule has 0 atom stereocenters. The maximum absolute atomic E-state index is 12.1. The fraction of sp³-hybridized carbons (Fsp3) is 0.417. The summed E-state index contributed by atoms with van der Waals surface area (Å²) in [6.45, 7) is 3.71. The number of carbonyl (C=O) groups excluding carboxylic acids is 1. The van der Waals surface area contributed by atoms with Crippen molar-refractivity contribution in [3.63, 3.8) is 0 Å². The van der Waals surface area contributed by atoms with Gasteiger partial charge in [0.15, 0.2) is 0 Å². The molecule has 18 heavy (non-hydrogen) atoms. The molecule has 2 N–H and O–H groups in total. The highest BCUT2D eigenvalue weighted by atomic mass is 19.3. The zero-order chi connectivity index (χ0) is 13.0. The zero-order valence-corrected chi connectivity index (χ0v) is 9.83. The van der Waals surface area contributed by atoms with Crippen LogP contribution in [0.1, 0.15) is 0 Å². The maximum Gasteiger partial charge on any atom is 0.315 e. The predicted molar refractivity (Wildman–Crippen MR) is 66.2 cm³/mol. The third-order valence-corrected chi connectivity index (χ3v) is 2.82. The number of amides is 1. The van der Waals surface area contributed by atoms with Crippen LogP contribution < -0.4 is 15.5 Å². The Balaban J connectivity index is 1.98. The van der Waals surface area contributed by atoms with E-state index in [0.29, 0.717) is 5.69 Å². The molecule has 1 amide bonds. The number of rotatable bonds is 3. The van der Waals surface area contributed by atoms with Crippen molar-refractivity contribution >= 4 is 17.3 Å². The van der Waals surface area contributed by atoms with Crippen molar-refractivity contribution in [3.05, 3.63) is 24.3 Å². The normalized spacial score (nSPS) is 15.8. The average molecular weight is 255 g/mol. The molecule has 1 aromatic rings. The van der Waals surface area contributed by atoms with Crippen molar-refractivity contribution < 1.29 is 13.6 Å². The largest absolute Gasteiger partial charge is 0.369 e. The number of hydrogen-bond acceptors (Lipinski definition) is 3. The van der Waals surface area contributed by atoms with Gasteiger partial charge in [-0.1, -0.05) is 0 Å². The minimum Gasteiger partial charge on any atom is -0.369 e. The number of hydrogen-bond donors (Lipinski definition) is 2. The monoisotopic (exact) mass is 255 g/mol. The Morgan fingerprint density at radius 2 is 1.83 bits per heavy atom. The van der Waals surface area contributed by atoms with Crippen LogP contribution in [-0.4, -0.2) is 38.5 Å². The van der Waals surface area contributed by atoms with Gasteiger partial charge in [0.05, 0.1) is 0 Å². The van der Waals surface area contributed by atoms with Gasteiger partial charge >= 0.3 is 6.43 Å². The number of benzene rings is 1. The van der Waals surface area contributed by atoms with Crippen LogP contribution >= 0.6 is 0 Å². The van der Waals surface area contributed by atoms with Gasteiger partial charge in [0.2, 0.25) is 0 Å². The van der Waals surface area contributed by atoms with E-state index in [0.717, 1.165) is 31.9 Å². The molecule has 1 aliphatic heterocycles. The number of piperazine rings is 1. The molecule has 1 fully saturated rings. The van der Waals surface area contributed by atoms with Gasteiger partial charge in [0, 0.05) is 37.6 Å². The minimum atomic E-state index is -2.99. The Bertz CT molecular complexity index is 402. The molecule has 98 valence electrons. The molecule has 4 nitrogen and oxygen atoms in total. The van der Waals surface area contributed by atoms with E-state index in [1.807, 2.05) is 12.1 Å². The number of alkyl halides is 2. The molecule has 6 heteroatoms. The number of nitrogens with one attached hydrogen (secondary N) is 2. The van der Waals surface area contributed by atoms with Gasteiger partial charge in [-0.2, -0.15) is 8.78 Å². The van der Waals surface area contributed by atoms with Crippen molar-refractivity contribution in [2.45, 2.75) is 6.43 Å². The van der Waals surface area contributed by atoms with Gasteiger partial charge in [-0.15, -0.1) is 0 Å². The van der Waals surface area contributed by atoms with Gasteiger partial charge in [0.25, 0.3) is 5.91 Å². The first-order chi connectivity index (χ1) is 8.66. The van der Waals surface area contributed by atoms with Crippen molar-refractivity contribution in [3.8, 4) is 0 Å². The van der Waals surface area contributed by atoms with Crippen LogP contribution in [-0.2, 0) is 4.79 Å². The van der Waals surface area contributed by atoms with Gasteiger partial charge in [-0.3, -0.25) is 4.79 Å². The quantitative estimate of drug-likeness (QED) is 0.855. The minimum absolute atomic E-state index is 0.388. The number of halogens is 2. The number of carbonyl (C=O) groups is 1. The summed E-state index contributed by atoms with van der Waals surface area (Å²) in [5.41, 5.74) is 1.42. The summed E-state index contributed by atoms with van der Waals surface area (Å²) in [6, 6.07) is 6.92. The highest BCUT2D eigenvalue weighted by molar-refractivity contribution is 5.93. The fourth-order valence-electron chi connectivity index (χ4n) is 1.88.